The van der Waals surface area contributed by atoms with Crippen molar-refractivity contribution in [3.63, 3.8) is 0 Å². The molecular weight excluding hydrogens is 296 g/mol. The number of aromatic amines is 1. The summed E-state index contributed by atoms with van der Waals surface area (Å²) in [6.45, 7) is 1.06. The molecule has 2 amide bonds. The second-order valence-electron chi connectivity index (χ2n) is 5.13. The molecule has 9 heteroatoms. The molecule has 23 heavy (non-hydrogen) atoms. The van der Waals surface area contributed by atoms with Gasteiger partial charge in [0.05, 0.1) is 12.4 Å². The van der Waals surface area contributed by atoms with Gasteiger partial charge in [0.15, 0.2) is 0 Å². The van der Waals surface area contributed by atoms with Crippen LogP contribution in [0.1, 0.15) is 5.56 Å². The Labute approximate surface area is 131 Å². The summed E-state index contributed by atoms with van der Waals surface area (Å²) < 4.78 is 1.98. The molecule has 3 heterocycles. The third kappa shape index (κ3) is 2.53. The number of hydrogen-bond acceptors (Lipinski definition) is 5. The molecule has 0 saturated carbocycles. The van der Waals surface area contributed by atoms with Gasteiger partial charge in [-0.3, -0.25) is 5.43 Å². The van der Waals surface area contributed by atoms with E-state index in [-0.39, 0.29) is 6.03 Å². The van der Waals surface area contributed by atoms with Crippen molar-refractivity contribution in [2.45, 2.75) is 6.54 Å². The lowest BCUT2D eigenvalue weighted by molar-refractivity contribution is 0.215. The average molecular weight is 310 g/mol. The highest BCUT2D eigenvalue weighted by molar-refractivity contribution is 5.75. The van der Waals surface area contributed by atoms with E-state index in [1.165, 1.54) is 0 Å². The molecule has 0 aliphatic carbocycles. The molecule has 116 valence electrons. The first-order valence-electron chi connectivity index (χ1n) is 7.09. The highest BCUT2D eigenvalue weighted by Gasteiger charge is 2.19. The van der Waals surface area contributed by atoms with Crippen LogP contribution in [0, 0.1) is 0 Å². The van der Waals surface area contributed by atoms with Crippen molar-refractivity contribution >= 4 is 6.03 Å². The third-order valence-electron chi connectivity index (χ3n) is 3.66. The number of urea groups is 1. The molecule has 0 bridgehead atoms. The molecule has 0 atom stereocenters. The molecule has 1 aromatic carbocycles. The van der Waals surface area contributed by atoms with Crippen LogP contribution in [-0.2, 0) is 6.54 Å². The Balaban J connectivity index is 1.57. The van der Waals surface area contributed by atoms with Gasteiger partial charge in [-0.25, -0.2) is 10.2 Å². The van der Waals surface area contributed by atoms with Crippen molar-refractivity contribution in [2.24, 2.45) is 0 Å². The maximum Gasteiger partial charge on any atom is 0.333 e. The average Bonchev–Trinajstić information content (AvgIpc) is 3.30. The molecule has 1 aliphatic rings. The predicted octanol–water partition coefficient (Wildman–Crippen LogP) is 0.645. The summed E-state index contributed by atoms with van der Waals surface area (Å²) in [6.07, 6.45) is 1.94. The van der Waals surface area contributed by atoms with Gasteiger partial charge in [0.25, 0.3) is 0 Å². The molecule has 0 unspecified atom stereocenters. The summed E-state index contributed by atoms with van der Waals surface area (Å²) in [6, 6.07) is 11.8. The van der Waals surface area contributed by atoms with Crippen molar-refractivity contribution in [1.29, 1.82) is 0 Å². The van der Waals surface area contributed by atoms with E-state index in [1.54, 1.807) is 4.90 Å². The molecule has 2 aromatic heterocycles. The number of carbonyl (C=O) groups excluding carboxylic acids is 1. The largest absolute Gasteiger partial charge is 0.333 e. The number of carbonyl (C=O) groups is 1. The van der Waals surface area contributed by atoms with Crippen LogP contribution in [-0.4, -0.2) is 42.8 Å². The van der Waals surface area contributed by atoms with Gasteiger partial charge in [0.1, 0.15) is 0 Å². The van der Waals surface area contributed by atoms with Crippen molar-refractivity contribution in [2.75, 3.05) is 6.67 Å². The van der Waals surface area contributed by atoms with E-state index in [2.05, 4.69) is 31.5 Å². The Bertz CT molecular complexity index is 808. The number of hydrogen-bond donors (Lipinski definition) is 3. The number of nitrogens with zero attached hydrogens (tertiary/aromatic N) is 5. The molecule has 3 aromatic rings. The van der Waals surface area contributed by atoms with E-state index in [0.29, 0.717) is 19.0 Å². The SMILES string of the molecule is O=C1NNCN1Cc1ccc(-n2cccc2-c2nn[nH]n2)cc1. The zero-order valence-corrected chi connectivity index (χ0v) is 12.1. The molecule has 4 rings (SSSR count). The van der Waals surface area contributed by atoms with Gasteiger partial charge in [-0.1, -0.05) is 12.1 Å². The third-order valence-corrected chi connectivity index (χ3v) is 3.66. The minimum atomic E-state index is -0.112. The Kier molecular flexibility index (Phi) is 3.24. The minimum Gasteiger partial charge on any atom is -0.314 e. The second-order valence-corrected chi connectivity index (χ2v) is 5.13. The quantitative estimate of drug-likeness (QED) is 0.656. The molecule has 3 N–H and O–H groups in total. The number of aromatic nitrogens is 5. The number of benzene rings is 1. The van der Waals surface area contributed by atoms with E-state index in [4.69, 9.17) is 0 Å². The lowest BCUT2D eigenvalue weighted by Crippen LogP contribution is -2.28. The fourth-order valence-corrected chi connectivity index (χ4v) is 2.53. The molecular formula is C14H14N8O. The lowest BCUT2D eigenvalue weighted by atomic mass is 10.2. The van der Waals surface area contributed by atoms with Crippen molar-refractivity contribution in [3.8, 4) is 17.2 Å². The second kappa shape index (κ2) is 5.54. The number of hydrazine groups is 1. The van der Waals surface area contributed by atoms with E-state index >= 15 is 0 Å². The summed E-state index contributed by atoms with van der Waals surface area (Å²) >= 11 is 0. The fraction of sp³-hybridized carbons (Fsp3) is 0.143. The fourth-order valence-electron chi connectivity index (χ4n) is 2.53. The van der Waals surface area contributed by atoms with Crippen LogP contribution >= 0.6 is 0 Å². The van der Waals surface area contributed by atoms with Crippen LogP contribution in [0.2, 0.25) is 0 Å². The smallest absolute Gasteiger partial charge is 0.314 e. The van der Waals surface area contributed by atoms with Gasteiger partial charge in [-0.05, 0) is 35.0 Å². The van der Waals surface area contributed by atoms with E-state index in [1.807, 2.05) is 47.2 Å². The molecule has 9 nitrogen and oxygen atoms in total. The first kappa shape index (κ1) is 13.5. The normalized spacial score (nSPS) is 14.3. The van der Waals surface area contributed by atoms with Gasteiger partial charge in [0, 0.05) is 18.4 Å². The van der Waals surface area contributed by atoms with Crippen molar-refractivity contribution in [3.05, 3.63) is 48.2 Å². The summed E-state index contributed by atoms with van der Waals surface area (Å²) in [5.74, 6) is 0.541. The monoisotopic (exact) mass is 310 g/mol. The maximum absolute atomic E-state index is 11.5. The first-order chi connectivity index (χ1) is 11.3. The zero-order chi connectivity index (χ0) is 15.6. The Morgan fingerprint density at radius 1 is 1.17 bits per heavy atom. The molecule has 1 saturated heterocycles. The number of tetrazole rings is 1. The summed E-state index contributed by atoms with van der Waals surface area (Å²) in [5, 5.41) is 14.1. The highest BCUT2D eigenvalue weighted by Crippen LogP contribution is 2.20. The summed E-state index contributed by atoms with van der Waals surface area (Å²) in [7, 11) is 0. The number of amides is 2. The zero-order valence-electron chi connectivity index (χ0n) is 12.1. The van der Waals surface area contributed by atoms with Gasteiger partial charge < -0.3 is 9.47 Å². The standard InChI is InChI=1S/C14H14N8O/c23-14-18-15-9-21(14)8-10-3-5-11(6-4-10)22-7-1-2-12(22)13-16-19-20-17-13/h1-7,15H,8-9H2,(H,18,23)(H,16,17,19,20). The minimum absolute atomic E-state index is 0.112. The topological polar surface area (TPSA) is 104 Å². The van der Waals surface area contributed by atoms with E-state index in [9.17, 15) is 4.79 Å². The number of nitrogens with one attached hydrogen (secondary N) is 3. The predicted molar refractivity (Wildman–Crippen MR) is 81.0 cm³/mol. The van der Waals surface area contributed by atoms with Crippen molar-refractivity contribution in [1.82, 2.24) is 40.9 Å². The Hall–Kier alpha value is -3.20. The van der Waals surface area contributed by atoms with Crippen LogP contribution in [0.25, 0.3) is 17.2 Å². The molecule has 1 fully saturated rings. The molecule has 0 spiro atoms. The molecule has 0 radical (unpaired) electrons. The van der Waals surface area contributed by atoms with Crippen molar-refractivity contribution < 1.29 is 4.79 Å². The van der Waals surface area contributed by atoms with Gasteiger partial charge in [0.2, 0.25) is 5.82 Å². The summed E-state index contributed by atoms with van der Waals surface area (Å²) in [5.41, 5.74) is 8.26. The number of rotatable bonds is 4. The maximum atomic E-state index is 11.5. The highest BCUT2D eigenvalue weighted by atomic mass is 16.2. The Morgan fingerprint density at radius 3 is 2.74 bits per heavy atom. The van der Waals surface area contributed by atoms with E-state index in [0.717, 1.165) is 16.9 Å². The van der Waals surface area contributed by atoms with Crippen LogP contribution < -0.4 is 10.9 Å². The Morgan fingerprint density at radius 2 is 2.04 bits per heavy atom. The summed E-state index contributed by atoms with van der Waals surface area (Å²) in [4.78, 5) is 13.2. The molecule has 1 aliphatic heterocycles. The number of H-pyrrole nitrogens is 1. The van der Waals surface area contributed by atoms with Crippen LogP contribution in [0.5, 0.6) is 0 Å². The van der Waals surface area contributed by atoms with Gasteiger partial charge in [-0.2, -0.15) is 5.21 Å². The van der Waals surface area contributed by atoms with Crippen LogP contribution in [0.15, 0.2) is 42.6 Å². The van der Waals surface area contributed by atoms with Crippen LogP contribution in [0.4, 0.5) is 4.79 Å². The first-order valence-corrected chi connectivity index (χ1v) is 7.09. The van der Waals surface area contributed by atoms with E-state index < -0.39 is 0 Å². The van der Waals surface area contributed by atoms with Gasteiger partial charge in [-0.15, -0.1) is 10.2 Å². The van der Waals surface area contributed by atoms with Gasteiger partial charge >= 0.3 is 6.03 Å². The van der Waals surface area contributed by atoms with Crippen LogP contribution in [0.3, 0.4) is 0 Å². The lowest BCUT2D eigenvalue weighted by Gasteiger charge is -2.14.